The summed E-state index contributed by atoms with van der Waals surface area (Å²) in [4.78, 5) is 4.24. The van der Waals surface area contributed by atoms with Gasteiger partial charge in [0.2, 0.25) is 0 Å². The molecular weight excluding hydrogens is 191 g/mol. The van der Waals surface area contributed by atoms with Crippen LogP contribution < -0.4 is 0 Å². The van der Waals surface area contributed by atoms with E-state index in [9.17, 15) is 4.39 Å². The van der Waals surface area contributed by atoms with Crippen molar-refractivity contribution in [2.75, 3.05) is 0 Å². The lowest BCUT2D eigenvalue weighted by molar-refractivity contribution is 0.618. The minimum atomic E-state index is -0.281. The lowest BCUT2D eigenvalue weighted by Gasteiger charge is -1.97. The van der Waals surface area contributed by atoms with Gasteiger partial charge in [-0.05, 0) is 19.1 Å². The minimum absolute atomic E-state index is 0.281. The molecule has 0 saturated carbocycles. The van der Waals surface area contributed by atoms with Crippen LogP contribution in [0, 0.1) is 12.7 Å². The van der Waals surface area contributed by atoms with Gasteiger partial charge in [0.05, 0.1) is 17.3 Å². The molecule has 0 saturated heterocycles. The highest BCUT2D eigenvalue weighted by atomic mass is 35.5. The average Bonchev–Trinajstić information content (AvgIpc) is 2.40. The predicted octanol–water partition coefficient (Wildman–Crippen LogP) is 2.52. The monoisotopic (exact) mass is 198 g/mol. The molecule has 0 aromatic carbocycles. The van der Waals surface area contributed by atoms with E-state index in [0.29, 0.717) is 5.88 Å². The number of hydrogen-bond acceptors (Lipinski definition) is 1. The average molecular weight is 199 g/mol. The lowest BCUT2D eigenvalue weighted by atomic mass is 10.4. The molecule has 0 unspecified atom stereocenters. The van der Waals surface area contributed by atoms with Crippen molar-refractivity contribution in [2.45, 2.75) is 12.8 Å². The van der Waals surface area contributed by atoms with Gasteiger partial charge < -0.3 is 0 Å². The van der Waals surface area contributed by atoms with Crippen molar-refractivity contribution in [3.05, 3.63) is 35.5 Å². The summed E-state index contributed by atoms with van der Waals surface area (Å²) < 4.78 is 14.5. The molecule has 0 N–H and O–H groups in total. The first-order chi connectivity index (χ1) is 6.22. The fraction of sp³-hybridized carbons (Fsp3) is 0.222. The van der Waals surface area contributed by atoms with Crippen LogP contribution in [-0.2, 0) is 5.88 Å². The molecule has 13 heavy (non-hydrogen) atoms. The van der Waals surface area contributed by atoms with Crippen LogP contribution in [-0.4, -0.2) is 9.38 Å². The van der Waals surface area contributed by atoms with Crippen molar-refractivity contribution < 1.29 is 4.39 Å². The molecule has 2 aromatic rings. The van der Waals surface area contributed by atoms with E-state index in [2.05, 4.69) is 4.98 Å². The molecule has 0 fully saturated rings. The van der Waals surface area contributed by atoms with Gasteiger partial charge in [-0.1, -0.05) is 0 Å². The molecule has 2 aromatic heterocycles. The Morgan fingerprint density at radius 3 is 3.00 bits per heavy atom. The van der Waals surface area contributed by atoms with Crippen LogP contribution in [0.3, 0.4) is 0 Å². The van der Waals surface area contributed by atoms with Crippen LogP contribution in [0.4, 0.5) is 4.39 Å². The Balaban J connectivity index is 2.80. The van der Waals surface area contributed by atoms with E-state index < -0.39 is 0 Å². The van der Waals surface area contributed by atoms with Gasteiger partial charge >= 0.3 is 0 Å². The molecular formula is C9H8ClFN2. The van der Waals surface area contributed by atoms with Gasteiger partial charge in [0, 0.05) is 6.20 Å². The summed E-state index contributed by atoms with van der Waals surface area (Å²) in [5, 5.41) is 0. The minimum Gasteiger partial charge on any atom is -0.300 e. The van der Waals surface area contributed by atoms with Gasteiger partial charge in [-0.2, -0.15) is 0 Å². The molecule has 0 aliphatic heterocycles. The number of imidazole rings is 1. The third kappa shape index (κ3) is 1.29. The van der Waals surface area contributed by atoms with Gasteiger partial charge in [-0.15, -0.1) is 11.6 Å². The van der Waals surface area contributed by atoms with Gasteiger partial charge in [0.25, 0.3) is 0 Å². The van der Waals surface area contributed by atoms with E-state index in [-0.39, 0.29) is 5.82 Å². The van der Waals surface area contributed by atoms with E-state index >= 15 is 0 Å². The third-order valence-corrected chi connectivity index (χ3v) is 2.26. The van der Waals surface area contributed by atoms with Crippen molar-refractivity contribution in [3.63, 3.8) is 0 Å². The van der Waals surface area contributed by atoms with Gasteiger partial charge in [-0.25, -0.2) is 9.37 Å². The van der Waals surface area contributed by atoms with Crippen LogP contribution in [0.1, 0.15) is 11.4 Å². The molecule has 4 heteroatoms. The second kappa shape index (κ2) is 3.00. The van der Waals surface area contributed by atoms with Crippen molar-refractivity contribution in [1.29, 1.82) is 0 Å². The lowest BCUT2D eigenvalue weighted by Crippen LogP contribution is -1.91. The van der Waals surface area contributed by atoms with Crippen molar-refractivity contribution >= 4 is 17.2 Å². The zero-order chi connectivity index (χ0) is 9.42. The molecule has 0 spiro atoms. The molecule has 68 valence electrons. The SMILES string of the molecule is Cc1nc2ccc(F)cn2c1CCl. The molecule has 0 radical (unpaired) electrons. The Morgan fingerprint density at radius 1 is 1.54 bits per heavy atom. The second-order valence-corrected chi connectivity index (χ2v) is 3.12. The van der Waals surface area contributed by atoms with Crippen LogP contribution in [0.15, 0.2) is 18.3 Å². The van der Waals surface area contributed by atoms with E-state index in [0.717, 1.165) is 17.0 Å². The summed E-state index contributed by atoms with van der Waals surface area (Å²) in [6.45, 7) is 1.86. The zero-order valence-electron chi connectivity index (χ0n) is 7.09. The number of halogens is 2. The topological polar surface area (TPSA) is 17.3 Å². The molecule has 0 aliphatic rings. The van der Waals surface area contributed by atoms with Crippen LogP contribution >= 0.6 is 11.6 Å². The predicted molar refractivity (Wildman–Crippen MR) is 49.4 cm³/mol. The number of aromatic nitrogens is 2. The number of fused-ring (bicyclic) bond motifs is 1. The van der Waals surface area contributed by atoms with Crippen LogP contribution in [0.2, 0.25) is 0 Å². The van der Waals surface area contributed by atoms with E-state index in [1.807, 2.05) is 6.92 Å². The smallest absolute Gasteiger partial charge is 0.139 e. The summed E-state index contributed by atoms with van der Waals surface area (Å²) in [6.07, 6.45) is 1.40. The van der Waals surface area contributed by atoms with Crippen molar-refractivity contribution in [3.8, 4) is 0 Å². The van der Waals surface area contributed by atoms with E-state index in [1.54, 1.807) is 10.5 Å². The molecule has 2 rings (SSSR count). The molecule has 2 heterocycles. The second-order valence-electron chi connectivity index (χ2n) is 2.85. The Hall–Kier alpha value is -1.09. The molecule has 2 nitrogen and oxygen atoms in total. The Labute approximate surface area is 80.0 Å². The summed E-state index contributed by atoms with van der Waals surface area (Å²) in [7, 11) is 0. The fourth-order valence-electron chi connectivity index (χ4n) is 1.35. The molecule has 0 bridgehead atoms. The maximum absolute atomic E-state index is 12.9. The number of alkyl halides is 1. The van der Waals surface area contributed by atoms with Gasteiger partial charge in [-0.3, -0.25) is 4.40 Å². The highest BCUT2D eigenvalue weighted by molar-refractivity contribution is 6.17. The van der Waals surface area contributed by atoms with Crippen LogP contribution in [0.25, 0.3) is 5.65 Å². The normalized spacial score (nSPS) is 11.0. The van der Waals surface area contributed by atoms with Crippen molar-refractivity contribution in [2.24, 2.45) is 0 Å². The third-order valence-electron chi connectivity index (χ3n) is 2.01. The standard InChI is InChI=1S/C9H8ClFN2/c1-6-8(4-10)13-5-7(11)2-3-9(13)12-6/h2-3,5H,4H2,1H3. The molecule has 0 atom stereocenters. The maximum atomic E-state index is 12.9. The molecule has 0 amide bonds. The first-order valence-corrected chi connectivity index (χ1v) is 4.45. The highest BCUT2D eigenvalue weighted by Crippen LogP contribution is 2.14. The quantitative estimate of drug-likeness (QED) is 0.644. The van der Waals surface area contributed by atoms with E-state index in [4.69, 9.17) is 11.6 Å². The Morgan fingerprint density at radius 2 is 2.31 bits per heavy atom. The summed E-state index contributed by atoms with van der Waals surface area (Å²) in [5.41, 5.74) is 2.42. The Bertz CT molecular complexity index is 450. The van der Waals surface area contributed by atoms with Crippen LogP contribution in [0.5, 0.6) is 0 Å². The van der Waals surface area contributed by atoms with Crippen molar-refractivity contribution in [1.82, 2.24) is 9.38 Å². The maximum Gasteiger partial charge on any atom is 0.139 e. The zero-order valence-corrected chi connectivity index (χ0v) is 7.85. The number of hydrogen-bond donors (Lipinski definition) is 0. The first kappa shape index (κ1) is 8.51. The fourth-order valence-corrected chi connectivity index (χ4v) is 1.67. The number of aryl methyl sites for hydroxylation is 1. The van der Waals surface area contributed by atoms with Gasteiger partial charge in [0.1, 0.15) is 11.5 Å². The summed E-state index contributed by atoms with van der Waals surface area (Å²) >= 11 is 5.72. The number of rotatable bonds is 1. The number of pyridine rings is 1. The molecule has 0 aliphatic carbocycles. The number of nitrogens with zero attached hydrogens (tertiary/aromatic N) is 2. The Kier molecular flexibility index (Phi) is 1.96. The summed E-state index contributed by atoms with van der Waals surface area (Å²) in [6, 6.07) is 3.03. The largest absolute Gasteiger partial charge is 0.300 e. The van der Waals surface area contributed by atoms with Gasteiger partial charge in [0.15, 0.2) is 0 Å². The first-order valence-electron chi connectivity index (χ1n) is 3.91. The summed E-state index contributed by atoms with van der Waals surface area (Å²) in [5.74, 6) is 0.0625. The highest BCUT2D eigenvalue weighted by Gasteiger charge is 2.07. The van der Waals surface area contributed by atoms with E-state index in [1.165, 1.54) is 12.3 Å².